The van der Waals surface area contributed by atoms with Crippen LogP contribution in [0.2, 0.25) is 0 Å². The second-order valence-corrected chi connectivity index (χ2v) is 8.95. The van der Waals surface area contributed by atoms with E-state index < -0.39 is 17.5 Å². The topological polar surface area (TPSA) is 47.6 Å². The van der Waals surface area contributed by atoms with Gasteiger partial charge in [0.1, 0.15) is 11.6 Å². The molecule has 7 heteroatoms. The summed E-state index contributed by atoms with van der Waals surface area (Å²) in [5, 5.41) is 0. The summed E-state index contributed by atoms with van der Waals surface area (Å²) in [4.78, 5) is 4.64. The molecular formula is C26H32F4N2O. The molecule has 0 spiro atoms. The second kappa shape index (κ2) is 10.7. The number of alkyl halides is 3. The zero-order chi connectivity index (χ0) is 24.1. The molecule has 0 fully saturated rings. The summed E-state index contributed by atoms with van der Waals surface area (Å²) in [5.74, 6) is -1.20. The monoisotopic (exact) mass is 464 g/mol. The van der Waals surface area contributed by atoms with E-state index in [1.807, 2.05) is 37.4 Å². The molecule has 1 aliphatic heterocycles. The first-order valence-electron chi connectivity index (χ1n) is 11.5. The van der Waals surface area contributed by atoms with Crippen molar-refractivity contribution in [1.29, 1.82) is 0 Å². The number of methoxy groups -OCH3 is 1. The van der Waals surface area contributed by atoms with Crippen molar-refractivity contribution >= 4 is 11.9 Å². The van der Waals surface area contributed by atoms with Crippen LogP contribution in [-0.2, 0) is 5.41 Å². The van der Waals surface area contributed by atoms with Gasteiger partial charge in [0.2, 0.25) is 0 Å². The molecule has 33 heavy (non-hydrogen) atoms. The van der Waals surface area contributed by atoms with Crippen LogP contribution in [0.1, 0.15) is 62.5 Å². The van der Waals surface area contributed by atoms with Crippen LogP contribution in [0.15, 0.2) is 47.5 Å². The van der Waals surface area contributed by atoms with E-state index in [4.69, 9.17) is 10.5 Å². The first-order chi connectivity index (χ1) is 15.7. The molecule has 3 rings (SSSR count). The first-order valence-corrected chi connectivity index (χ1v) is 11.5. The summed E-state index contributed by atoms with van der Waals surface area (Å²) in [5.41, 5.74) is 7.30. The molecule has 0 aliphatic carbocycles. The molecule has 1 aliphatic rings. The summed E-state index contributed by atoms with van der Waals surface area (Å²) in [6.45, 7) is 2.26. The Labute approximate surface area is 193 Å². The number of hydrogen-bond donors (Lipinski definition) is 1. The lowest BCUT2D eigenvalue weighted by atomic mass is 9.66. The van der Waals surface area contributed by atoms with Gasteiger partial charge in [0.05, 0.1) is 18.7 Å². The molecule has 0 aromatic heterocycles. The maximum Gasteiger partial charge on any atom is 0.391 e. The van der Waals surface area contributed by atoms with Gasteiger partial charge in [0, 0.05) is 23.1 Å². The summed E-state index contributed by atoms with van der Waals surface area (Å²) < 4.78 is 59.9. The molecule has 0 bridgehead atoms. The highest BCUT2D eigenvalue weighted by molar-refractivity contribution is 5.83. The molecule has 0 saturated heterocycles. The molecule has 0 saturated carbocycles. The number of unbranched alkanes of at least 4 members (excludes halogenated alkanes) is 1. The molecule has 3 nitrogen and oxygen atoms in total. The molecule has 2 aromatic rings. The lowest BCUT2D eigenvalue weighted by Crippen LogP contribution is -2.35. The third-order valence-electron chi connectivity index (χ3n) is 6.76. The SMILES string of the molecule is COc1ccc(F)cc1C1(C)C=Nc2ccccc2C1CCCCC(CCCN)C(F)(F)F. The Morgan fingerprint density at radius 2 is 1.82 bits per heavy atom. The van der Waals surface area contributed by atoms with Crippen LogP contribution < -0.4 is 10.5 Å². The average molecular weight is 465 g/mol. The summed E-state index contributed by atoms with van der Waals surface area (Å²) >= 11 is 0. The predicted molar refractivity (Wildman–Crippen MR) is 124 cm³/mol. The van der Waals surface area contributed by atoms with E-state index in [0.717, 1.165) is 11.3 Å². The number of aliphatic imine (C=N–C) groups is 1. The van der Waals surface area contributed by atoms with Gasteiger partial charge in [-0.1, -0.05) is 31.0 Å². The van der Waals surface area contributed by atoms with Gasteiger partial charge in [-0.2, -0.15) is 13.2 Å². The smallest absolute Gasteiger partial charge is 0.391 e. The molecule has 2 aromatic carbocycles. The summed E-state index contributed by atoms with van der Waals surface area (Å²) in [6, 6.07) is 12.2. The molecular weight excluding hydrogens is 432 g/mol. The minimum absolute atomic E-state index is 0.0666. The minimum Gasteiger partial charge on any atom is -0.496 e. The molecule has 2 N–H and O–H groups in total. The molecule has 3 atom stereocenters. The number of rotatable bonds is 10. The normalized spacial score (nSPS) is 21.0. The zero-order valence-corrected chi connectivity index (χ0v) is 19.2. The number of nitrogens with zero attached hydrogens (tertiary/aromatic N) is 1. The molecule has 180 valence electrons. The van der Waals surface area contributed by atoms with Crippen LogP contribution in [0.25, 0.3) is 0 Å². The van der Waals surface area contributed by atoms with Crippen LogP contribution in [0, 0.1) is 11.7 Å². The number of hydrogen-bond acceptors (Lipinski definition) is 3. The Morgan fingerprint density at radius 3 is 2.52 bits per heavy atom. The van der Waals surface area contributed by atoms with Gasteiger partial charge in [-0.15, -0.1) is 0 Å². The molecule has 0 amide bonds. The quantitative estimate of drug-likeness (QED) is 0.302. The van der Waals surface area contributed by atoms with E-state index in [2.05, 4.69) is 4.99 Å². The van der Waals surface area contributed by atoms with E-state index in [-0.39, 0.29) is 31.1 Å². The van der Waals surface area contributed by atoms with Gasteiger partial charge in [-0.25, -0.2) is 4.39 Å². The van der Waals surface area contributed by atoms with E-state index in [0.29, 0.717) is 37.0 Å². The van der Waals surface area contributed by atoms with Crippen molar-refractivity contribution in [3.8, 4) is 5.75 Å². The Kier molecular flexibility index (Phi) is 8.16. The van der Waals surface area contributed by atoms with Crippen molar-refractivity contribution in [2.75, 3.05) is 13.7 Å². The second-order valence-electron chi connectivity index (χ2n) is 8.95. The number of ether oxygens (including phenoxy) is 1. The number of fused-ring (bicyclic) bond motifs is 1. The standard InChI is InChI=1S/C26H32F4N2O/c1-25(22-16-19(27)13-14-24(22)33-2)17-32-23-12-6-4-10-20(23)21(25)11-5-3-8-18(9-7-15-31)26(28,29)30/h4,6,10,12-14,16-18,21H,3,5,7-9,11,15,31H2,1-2H3. The largest absolute Gasteiger partial charge is 0.496 e. The van der Waals surface area contributed by atoms with Crippen LogP contribution in [-0.4, -0.2) is 26.0 Å². The number of para-hydroxylation sites is 1. The minimum atomic E-state index is -4.21. The highest BCUT2D eigenvalue weighted by atomic mass is 19.4. The Hall–Kier alpha value is -2.41. The van der Waals surface area contributed by atoms with Crippen molar-refractivity contribution in [2.24, 2.45) is 16.6 Å². The zero-order valence-electron chi connectivity index (χ0n) is 19.2. The van der Waals surface area contributed by atoms with Gasteiger partial charge in [0.25, 0.3) is 0 Å². The Morgan fingerprint density at radius 1 is 1.09 bits per heavy atom. The van der Waals surface area contributed by atoms with E-state index in [9.17, 15) is 17.6 Å². The lowest BCUT2D eigenvalue weighted by molar-refractivity contribution is -0.178. The van der Waals surface area contributed by atoms with Crippen molar-refractivity contribution in [3.05, 3.63) is 59.4 Å². The van der Waals surface area contributed by atoms with Gasteiger partial charge < -0.3 is 10.5 Å². The molecule has 1 heterocycles. The number of halogens is 4. The third kappa shape index (κ3) is 5.75. The van der Waals surface area contributed by atoms with E-state index in [1.165, 1.54) is 12.1 Å². The highest BCUT2D eigenvalue weighted by Gasteiger charge is 2.41. The van der Waals surface area contributed by atoms with Crippen LogP contribution >= 0.6 is 0 Å². The predicted octanol–water partition coefficient (Wildman–Crippen LogP) is 7.07. The van der Waals surface area contributed by atoms with Crippen molar-refractivity contribution in [2.45, 2.75) is 63.0 Å². The van der Waals surface area contributed by atoms with Gasteiger partial charge >= 0.3 is 6.18 Å². The fraction of sp³-hybridized carbons (Fsp3) is 0.500. The van der Waals surface area contributed by atoms with E-state index in [1.54, 1.807) is 13.2 Å². The average Bonchev–Trinajstić information content (AvgIpc) is 2.79. The molecule has 3 unspecified atom stereocenters. The van der Waals surface area contributed by atoms with Crippen LogP contribution in [0.4, 0.5) is 23.2 Å². The Bertz CT molecular complexity index is 960. The molecule has 0 radical (unpaired) electrons. The Balaban J connectivity index is 1.84. The maximum absolute atomic E-state index is 14.2. The summed E-state index contributed by atoms with van der Waals surface area (Å²) in [7, 11) is 1.54. The van der Waals surface area contributed by atoms with Crippen LogP contribution in [0.5, 0.6) is 5.75 Å². The summed E-state index contributed by atoms with van der Waals surface area (Å²) in [6.07, 6.45) is -0.117. The number of benzene rings is 2. The lowest BCUT2D eigenvalue weighted by Gasteiger charge is -2.39. The van der Waals surface area contributed by atoms with E-state index >= 15 is 0 Å². The van der Waals surface area contributed by atoms with Gasteiger partial charge in [0.15, 0.2) is 0 Å². The maximum atomic E-state index is 14.2. The van der Waals surface area contributed by atoms with Crippen molar-refractivity contribution in [1.82, 2.24) is 0 Å². The van der Waals surface area contributed by atoms with Gasteiger partial charge in [-0.3, -0.25) is 4.99 Å². The van der Waals surface area contributed by atoms with Gasteiger partial charge in [-0.05, 0) is 69.0 Å². The third-order valence-corrected chi connectivity index (χ3v) is 6.76. The fourth-order valence-corrected chi connectivity index (χ4v) is 4.91. The van der Waals surface area contributed by atoms with Crippen molar-refractivity contribution < 1.29 is 22.3 Å². The number of nitrogens with two attached hydrogens (primary N) is 1. The fourth-order valence-electron chi connectivity index (χ4n) is 4.91. The first kappa shape index (κ1) is 25.2. The van der Waals surface area contributed by atoms with Crippen molar-refractivity contribution in [3.63, 3.8) is 0 Å². The van der Waals surface area contributed by atoms with Crippen LogP contribution in [0.3, 0.4) is 0 Å². The highest BCUT2D eigenvalue weighted by Crippen LogP contribution is 2.49.